The molecule has 0 fully saturated rings. The Hall–Kier alpha value is -1.41. The monoisotopic (exact) mass is 216 g/mol. The molecule has 0 unspecified atom stereocenters. The molecule has 0 spiro atoms. The second-order valence-corrected chi connectivity index (χ2v) is 4.40. The predicted octanol–water partition coefficient (Wildman–Crippen LogP) is 3.46. The highest BCUT2D eigenvalue weighted by atomic mass is 32.1. The predicted molar refractivity (Wildman–Crippen MR) is 64.3 cm³/mol. The zero-order chi connectivity index (χ0) is 10.7. The molecular weight excluding hydrogens is 204 g/mol. The molecule has 0 aliphatic carbocycles. The van der Waals surface area contributed by atoms with Gasteiger partial charge in [0.2, 0.25) is 0 Å². The van der Waals surface area contributed by atoms with E-state index in [0.29, 0.717) is 6.42 Å². The third kappa shape index (κ3) is 2.00. The molecule has 15 heavy (non-hydrogen) atoms. The van der Waals surface area contributed by atoms with Gasteiger partial charge in [0.05, 0.1) is 0 Å². The average Bonchev–Trinajstić information content (AvgIpc) is 2.71. The van der Waals surface area contributed by atoms with Gasteiger partial charge in [-0.25, -0.2) is 0 Å². The first-order valence-electron chi connectivity index (χ1n) is 4.89. The third-order valence-electron chi connectivity index (χ3n) is 2.43. The van der Waals surface area contributed by atoms with Gasteiger partial charge >= 0.3 is 0 Å². The number of aldehydes is 1. The largest absolute Gasteiger partial charge is 0.303 e. The Kier molecular flexibility index (Phi) is 2.97. The maximum Gasteiger partial charge on any atom is 0.124 e. The highest BCUT2D eigenvalue weighted by Gasteiger charge is 2.08. The Morgan fingerprint density at radius 1 is 1.27 bits per heavy atom. The molecule has 1 heterocycles. The molecule has 1 aromatic carbocycles. The van der Waals surface area contributed by atoms with E-state index in [9.17, 15) is 4.79 Å². The Bertz CT molecular complexity index is 457. The number of carbonyl (C=O) groups is 1. The van der Waals surface area contributed by atoms with Crippen LogP contribution in [0.25, 0.3) is 10.4 Å². The Morgan fingerprint density at radius 2 is 2.13 bits per heavy atom. The number of rotatable bonds is 3. The summed E-state index contributed by atoms with van der Waals surface area (Å²) in [6.45, 7) is 2.09. The van der Waals surface area contributed by atoms with Crippen LogP contribution >= 0.6 is 11.3 Å². The second kappa shape index (κ2) is 4.41. The SMILES string of the molecule is Cc1cccc(CC=O)c1-c1cccs1. The molecule has 76 valence electrons. The van der Waals surface area contributed by atoms with Crippen LogP contribution in [0.5, 0.6) is 0 Å². The summed E-state index contributed by atoms with van der Waals surface area (Å²) < 4.78 is 0. The molecular formula is C13H12OS. The van der Waals surface area contributed by atoms with Crippen LogP contribution in [0, 0.1) is 6.92 Å². The number of benzene rings is 1. The van der Waals surface area contributed by atoms with E-state index in [1.54, 1.807) is 11.3 Å². The fraction of sp³-hybridized carbons (Fsp3) is 0.154. The molecule has 0 N–H and O–H groups in total. The summed E-state index contributed by atoms with van der Waals surface area (Å²) in [6.07, 6.45) is 1.46. The minimum absolute atomic E-state index is 0.495. The molecule has 0 aliphatic heterocycles. The van der Waals surface area contributed by atoms with E-state index in [2.05, 4.69) is 24.4 Å². The van der Waals surface area contributed by atoms with Crippen molar-refractivity contribution < 1.29 is 4.79 Å². The molecule has 1 aromatic heterocycles. The lowest BCUT2D eigenvalue weighted by atomic mass is 9.99. The van der Waals surface area contributed by atoms with Crippen LogP contribution in [-0.4, -0.2) is 6.29 Å². The third-order valence-corrected chi connectivity index (χ3v) is 3.32. The summed E-state index contributed by atoms with van der Waals surface area (Å²) in [5, 5.41) is 2.06. The standard InChI is InChI=1S/C13H12OS/c1-10-4-2-5-11(7-8-14)13(10)12-6-3-9-15-12/h2-6,8-9H,7H2,1H3. The summed E-state index contributed by atoms with van der Waals surface area (Å²) in [4.78, 5) is 11.9. The van der Waals surface area contributed by atoms with Crippen molar-refractivity contribution in [1.29, 1.82) is 0 Å². The van der Waals surface area contributed by atoms with Crippen LogP contribution < -0.4 is 0 Å². The van der Waals surface area contributed by atoms with Crippen LogP contribution in [0.3, 0.4) is 0 Å². The number of carbonyl (C=O) groups excluding carboxylic acids is 1. The molecule has 0 aliphatic rings. The number of thiophene rings is 1. The Morgan fingerprint density at radius 3 is 2.80 bits per heavy atom. The fourth-order valence-corrected chi connectivity index (χ4v) is 2.63. The average molecular weight is 216 g/mol. The van der Waals surface area contributed by atoms with Crippen molar-refractivity contribution in [3.05, 3.63) is 46.8 Å². The first kappa shape index (κ1) is 10.1. The highest BCUT2D eigenvalue weighted by molar-refractivity contribution is 7.13. The number of aryl methyl sites for hydroxylation is 1. The molecule has 0 amide bonds. The van der Waals surface area contributed by atoms with E-state index >= 15 is 0 Å². The minimum Gasteiger partial charge on any atom is -0.303 e. The van der Waals surface area contributed by atoms with Crippen molar-refractivity contribution in [2.24, 2.45) is 0 Å². The lowest BCUT2D eigenvalue weighted by Gasteiger charge is -2.08. The van der Waals surface area contributed by atoms with Gasteiger partial charge in [0.25, 0.3) is 0 Å². The minimum atomic E-state index is 0.495. The lowest BCUT2D eigenvalue weighted by molar-refractivity contribution is -0.107. The summed E-state index contributed by atoms with van der Waals surface area (Å²) in [5.41, 5.74) is 3.57. The Labute approximate surface area is 93.4 Å². The van der Waals surface area contributed by atoms with Gasteiger partial charge in [0.1, 0.15) is 6.29 Å². The molecule has 0 radical (unpaired) electrons. The Balaban J connectivity index is 2.57. The topological polar surface area (TPSA) is 17.1 Å². The first-order chi connectivity index (χ1) is 7.33. The van der Waals surface area contributed by atoms with Crippen molar-refractivity contribution in [3.8, 4) is 10.4 Å². The van der Waals surface area contributed by atoms with Crippen molar-refractivity contribution in [1.82, 2.24) is 0 Å². The molecule has 2 rings (SSSR count). The summed E-state index contributed by atoms with van der Waals surface area (Å²) in [6, 6.07) is 10.3. The van der Waals surface area contributed by atoms with Gasteiger partial charge in [-0.2, -0.15) is 0 Å². The van der Waals surface area contributed by atoms with Crippen LogP contribution in [0.15, 0.2) is 35.7 Å². The van der Waals surface area contributed by atoms with Gasteiger partial charge < -0.3 is 4.79 Å². The van der Waals surface area contributed by atoms with Crippen LogP contribution in [0.2, 0.25) is 0 Å². The summed E-state index contributed by atoms with van der Waals surface area (Å²) >= 11 is 1.71. The quantitative estimate of drug-likeness (QED) is 0.718. The first-order valence-corrected chi connectivity index (χ1v) is 5.77. The van der Waals surface area contributed by atoms with Crippen molar-refractivity contribution >= 4 is 17.6 Å². The van der Waals surface area contributed by atoms with Gasteiger partial charge in [0, 0.05) is 11.3 Å². The zero-order valence-corrected chi connectivity index (χ0v) is 9.38. The van der Waals surface area contributed by atoms with Gasteiger partial charge in [-0.1, -0.05) is 24.3 Å². The maximum absolute atomic E-state index is 10.6. The molecule has 0 bridgehead atoms. The van der Waals surface area contributed by atoms with Crippen LogP contribution in [-0.2, 0) is 11.2 Å². The summed E-state index contributed by atoms with van der Waals surface area (Å²) in [5.74, 6) is 0. The smallest absolute Gasteiger partial charge is 0.124 e. The van der Waals surface area contributed by atoms with Gasteiger partial charge in [-0.05, 0) is 35.1 Å². The lowest BCUT2D eigenvalue weighted by Crippen LogP contribution is -1.92. The fourth-order valence-electron chi connectivity index (χ4n) is 1.76. The molecule has 1 nitrogen and oxygen atoms in total. The van der Waals surface area contributed by atoms with Gasteiger partial charge in [-0.3, -0.25) is 0 Å². The molecule has 0 saturated heterocycles. The summed E-state index contributed by atoms with van der Waals surface area (Å²) in [7, 11) is 0. The number of hydrogen-bond acceptors (Lipinski definition) is 2. The van der Waals surface area contributed by atoms with Crippen LogP contribution in [0.1, 0.15) is 11.1 Å². The van der Waals surface area contributed by atoms with Crippen molar-refractivity contribution in [3.63, 3.8) is 0 Å². The van der Waals surface area contributed by atoms with E-state index in [4.69, 9.17) is 0 Å². The van der Waals surface area contributed by atoms with Gasteiger partial charge in [-0.15, -0.1) is 11.3 Å². The second-order valence-electron chi connectivity index (χ2n) is 3.46. The molecule has 2 aromatic rings. The van der Waals surface area contributed by atoms with E-state index in [-0.39, 0.29) is 0 Å². The normalized spacial score (nSPS) is 10.2. The number of hydrogen-bond donors (Lipinski definition) is 0. The van der Waals surface area contributed by atoms with Crippen LogP contribution in [0.4, 0.5) is 0 Å². The molecule has 0 atom stereocenters. The van der Waals surface area contributed by atoms with E-state index in [0.717, 1.165) is 11.8 Å². The van der Waals surface area contributed by atoms with Crippen molar-refractivity contribution in [2.75, 3.05) is 0 Å². The molecule has 0 saturated carbocycles. The van der Waals surface area contributed by atoms with E-state index in [1.807, 2.05) is 18.2 Å². The maximum atomic E-state index is 10.6. The zero-order valence-electron chi connectivity index (χ0n) is 8.57. The van der Waals surface area contributed by atoms with E-state index in [1.165, 1.54) is 16.0 Å². The van der Waals surface area contributed by atoms with Crippen molar-refractivity contribution in [2.45, 2.75) is 13.3 Å². The van der Waals surface area contributed by atoms with E-state index < -0.39 is 0 Å². The highest BCUT2D eigenvalue weighted by Crippen LogP contribution is 2.31. The molecule has 2 heteroatoms. The van der Waals surface area contributed by atoms with Gasteiger partial charge in [0.15, 0.2) is 0 Å².